The molecule has 6 nitrogen and oxygen atoms in total. The zero-order valence-corrected chi connectivity index (χ0v) is 10.9. The molecule has 0 aliphatic carbocycles. The molecule has 1 aliphatic heterocycles. The van der Waals surface area contributed by atoms with E-state index in [0.29, 0.717) is 0 Å². The van der Waals surface area contributed by atoms with Crippen molar-refractivity contribution in [1.29, 1.82) is 0 Å². The summed E-state index contributed by atoms with van der Waals surface area (Å²) in [5.74, 6) is 0.800. The molecule has 1 aromatic carbocycles. The second kappa shape index (κ2) is 5.46. The SMILES string of the molecule is Nc1ccc2nc(NCCN3CCOCC3)[nH]c2c1. The lowest BCUT2D eigenvalue weighted by Crippen LogP contribution is -2.39. The van der Waals surface area contributed by atoms with Crippen LogP contribution in [0.5, 0.6) is 0 Å². The van der Waals surface area contributed by atoms with E-state index in [1.54, 1.807) is 0 Å². The smallest absolute Gasteiger partial charge is 0.201 e. The maximum absolute atomic E-state index is 5.74. The summed E-state index contributed by atoms with van der Waals surface area (Å²) < 4.78 is 5.32. The molecule has 1 fully saturated rings. The van der Waals surface area contributed by atoms with Crippen LogP contribution >= 0.6 is 0 Å². The zero-order chi connectivity index (χ0) is 13.1. The average Bonchev–Trinajstić information content (AvgIpc) is 2.82. The minimum absolute atomic E-state index is 0.746. The molecular formula is C13H19N5O. The molecule has 0 atom stereocenters. The van der Waals surface area contributed by atoms with Gasteiger partial charge in [-0.3, -0.25) is 4.90 Å². The first-order chi connectivity index (χ1) is 9.31. The number of nitrogens with one attached hydrogen (secondary N) is 2. The van der Waals surface area contributed by atoms with E-state index in [-0.39, 0.29) is 0 Å². The summed E-state index contributed by atoms with van der Waals surface area (Å²) in [6.07, 6.45) is 0. The van der Waals surface area contributed by atoms with Crippen molar-refractivity contribution in [3.8, 4) is 0 Å². The second-order valence-corrected chi connectivity index (χ2v) is 4.74. The minimum Gasteiger partial charge on any atom is -0.399 e. The predicted octanol–water partition coefficient (Wildman–Crippen LogP) is 0.889. The number of hydrogen-bond donors (Lipinski definition) is 3. The number of nitrogens with zero attached hydrogens (tertiary/aromatic N) is 2. The first-order valence-corrected chi connectivity index (χ1v) is 6.60. The monoisotopic (exact) mass is 261 g/mol. The molecule has 3 rings (SSSR count). The van der Waals surface area contributed by atoms with Crippen LogP contribution < -0.4 is 11.1 Å². The van der Waals surface area contributed by atoms with E-state index < -0.39 is 0 Å². The highest BCUT2D eigenvalue weighted by atomic mass is 16.5. The molecule has 0 amide bonds. The van der Waals surface area contributed by atoms with Crippen molar-refractivity contribution in [1.82, 2.24) is 14.9 Å². The van der Waals surface area contributed by atoms with Crippen molar-refractivity contribution in [3.05, 3.63) is 18.2 Å². The molecule has 2 aromatic rings. The molecule has 4 N–H and O–H groups in total. The van der Waals surface area contributed by atoms with Crippen molar-refractivity contribution in [2.45, 2.75) is 0 Å². The predicted molar refractivity (Wildman–Crippen MR) is 76.3 cm³/mol. The zero-order valence-electron chi connectivity index (χ0n) is 10.9. The number of morpholine rings is 1. The van der Waals surface area contributed by atoms with Crippen LogP contribution in [0.2, 0.25) is 0 Å². The van der Waals surface area contributed by atoms with Crippen LogP contribution in [0.3, 0.4) is 0 Å². The fourth-order valence-corrected chi connectivity index (χ4v) is 2.27. The number of rotatable bonds is 4. The summed E-state index contributed by atoms with van der Waals surface area (Å²) in [5, 5.41) is 3.31. The minimum atomic E-state index is 0.746. The molecule has 0 bridgehead atoms. The van der Waals surface area contributed by atoms with Gasteiger partial charge in [-0.15, -0.1) is 0 Å². The molecule has 0 saturated carbocycles. The quantitative estimate of drug-likeness (QED) is 0.712. The van der Waals surface area contributed by atoms with Gasteiger partial charge in [-0.25, -0.2) is 4.98 Å². The van der Waals surface area contributed by atoms with Gasteiger partial charge < -0.3 is 20.8 Å². The second-order valence-electron chi connectivity index (χ2n) is 4.74. The molecule has 1 aliphatic rings. The Hall–Kier alpha value is -1.79. The lowest BCUT2D eigenvalue weighted by atomic mass is 10.3. The van der Waals surface area contributed by atoms with Gasteiger partial charge in [-0.05, 0) is 18.2 Å². The van der Waals surface area contributed by atoms with Crippen LogP contribution in [0.15, 0.2) is 18.2 Å². The Bertz CT molecular complexity index is 547. The third kappa shape index (κ3) is 2.97. The largest absolute Gasteiger partial charge is 0.399 e. The third-order valence-electron chi connectivity index (χ3n) is 3.33. The molecular weight excluding hydrogens is 242 g/mol. The van der Waals surface area contributed by atoms with Gasteiger partial charge in [0.05, 0.1) is 24.2 Å². The Balaban J connectivity index is 1.56. The van der Waals surface area contributed by atoms with Gasteiger partial charge in [0.2, 0.25) is 5.95 Å². The number of imidazole rings is 1. The number of fused-ring (bicyclic) bond motifs is 1. The van der Waals surface area contributed by atoms with E-state index in [0.717, 1.165) is 62.1 Å². The van der Waals surface area contributed by atoms with Crippen molar-refractivity contribution in [3.63, 3.8) is 0 Å². The molecule has 2 heterocycles. The summed E-state index contributed by atoms with van der Waals surface area (Å²) in [6, 6.07) is 5.69. The van der Waals surface area contributed by atoms with E-state index in [1.807, 2.05) is 18.2 Å². The summed E-state index contributed by atoms with van der Waals surface area (Å²) >= 11 is 0. The molecule has 19 heavy (non-hydrogen) atoms. The van der Waals surface area contributed by atoms with E-state index in [4.69, 9.17) is 10.5 Å². The van der Waals surface area contributed by atoms with Crippen LogP contribution in [-0.4, -0.2) is 54.3 Å². The maximum atomic E-state index is 5.74. The number of hydrogen-bond acceptors (Lipinski definition) is 5. The third-order valence-corrected chi connectivity index (χ3v) is 3.33. The molecule has 1 aromatic heterocycles. The van der Waals surface area contributed by atoms with Crippen molar-refractivity contribution in [2.75, 3.05) is 50.4 Å². The summed E-state index contributed by atoms with van der Waals surface area (Å²) in [4.78, 5) is 10.1. The Morgan fingerprint density at radius 3 is 3.05 bits per heavy atom. The fraction of sp³-hybridized carbons (Fsp3) is 0.462. The normalized spacial score (nSPS) is 16.8. The highest BCUT2D eigenvalue weighted by molar-refractivity contribution is 5.80. The van der Waals surface area contributed by atoms with Crippen LogP contribution in [-0.2, 0) is 4.74 Å². The number of aromatic amines is 1. The van der Waals surface area contributed by atoms with Gasteiger partial charge in [0, 0.05) is 31.9 Å². The standard InChI is InChI=1S/C13H19N5O/c14-10-1-2-11-12(9-10)17-13(16-11)15-3-4-18-5-7-19-8-6-18/h1-2,9H,3-8,14H2,(H2,15,16,17). The highest BCUT2D eigenvalue weighted by Crippen LogP contribution is 2.16. The Morgan fingerprint density at radius 1 is 1.37 bits per heavy atom. The lowest BCUT2D eigenvalue weighted by molar-refractivity contribution is 0.0398. The summed E-state index contributed by atoms with van der Waals surface area (Å²) in [6.45, 7) is 5.57. The number of ether oxygens (including phenoxy) is 1. The Kier molecular flexibility index (Phi) is 3.52. The van der Waals surface area contributed by atoms with Gasteiger partial charge in [-0.2, -0.15) is 0 Å². The van der Waals surface area contributed by atoms with Crippen LogP contribution in [0.4, 0.5) is 11.6 Å². The molecule has 0 radical (unpaired) electrons. The molecule has 0 unspecified atom stereocenters. The van der Waals surface area contributed by atoms with Crippen LogP contribution in [0, 0.1) is 0 Å². The highest BCUT2D eigenvalue weighted by Gasteiger charge is 2.09. The Morgan fingerprint density at radius 2 is 2.21 bits per heavy atom. The van der Waals surface area contributed by atoms with E-state index >= 15 is 0 Å². The van der Waals surface area contributed by atoms with E-state index in [1.165, 1.54) is 0 Å². The molecule has 0 spiro atoms. The topological polar surface area (TPSA) is 79.2 Å². The summed E-state index contributed by atoms with van der Waals surface area (Å²) in [7, 11) is 0. The van der Waals surface area contributed by atoms with Gasteiger partial charge in [0.15, 0.2) is 0 Å². The van der Waals surface area contributed by atoms with Gasteiger partial charge in [-0.1, -0.05) is 0 Å². The number of nitrogen functional groups attached to an aromatic ring is 1. The Labute approximate surface area is 111 Å². The average molecular weight is 261 g/mol. The van der Waals surface area contributed by atoms with Crippen LogP contribution in [0.25, 0.3) is 11.0 Å². The number of anilines is 2. The molecule has 1 saturated heterocycles. The number of nitrogens with two attached hydrogens (primary N) is 1. The molecule has 102 valence electrons. The van der Waals surface area contributed by atoms with Crippen molar-refractivity contribution in [2.24, 2.45) is 0 Å². The summed E-state index contributed by atoms with van der Waals surface area (Å²) in [5.41, 5.74) is 8.39. The number of aromatic nitrogens is 2. The number of benzene rings is 1. The van der Waals surface area contributed by atoms with Crippen molar-refractivity contribution >= 4 is 22.7 Å². The van der Waals surface area contributed by atoms with Gasteiger partial charge in [0.25, 0.3) is 0 Å². The van der Waals surface area contributed by atoms with E-state index in [2.05, 4.69) is 20.2 Å². The van der Waals surface area contributed by atoms with Crippen molar-refractivity contribution < 1.29 is 4.74 Å². The number of H-pyrrole nitrogens is 1. The first-order valence-electron chi connectivity index (χ1n) is 6.60. The van der Waals surface area contributed by atoms with Crippen LogP contribution in [0.1, 0.15) is 0 Å². The lowest BCUT2D eigenvalue weighted by Gasteiger charge is -2.26. The maximum Gasteiger partial charge on any atom is 0.201 e. The first kappa shape index (κ1) is 12.3. The van der Waals surface area contributed by atoms with E-state index in [9.17, 15) is 0 Å². The molecule has 6 heteroatoms. The van der Waals surface area contributed by atoms with Gasteiger partial charge in [0.1, 0.15) is 0 Å². The fourth-order valence-electron chi connectivity index (χ4n) is 2.27. The van der Waals surface area contributed by atoms with Gasteiger partial charge >= 0.3 is 0 Å².